The zero-order chi connectivity index (χ0) is 11.4. The Bertz CT molecular complexity index is 519. The molecule has 0 bridgehead atoms. The van der Waals surface area contributed by atoms with Gasteiger partial charge in [0.05, 0.1) is 12.2 Å². The van der Waals surface area contributed by atoms with Gasteiger partial charge < -0.3 is 5.11 Å². The summed E-state index contributed by atoms with van der Waals surface area (Å²) in [6, 6.07) is 7.40. The first kappa shape index (κ1) is 11.1. The second kappa shape index (κ2) is 5.07. The largest absolute Gasteiger partial charge is 0.392 e. The molecule has 0 fully saturated rings. The lowest BCUT2D eigenvalue weighted by Crippen LogP contribution is -1.87. The molecule has 1 N–H and O–H groups in total. The maximum Gasteiger partial charge on any atom is 0.178 e. The van der Waals surface area contributed by atoms with Gasteiger partial charge in [-0.2, -0.15) is 5.26 Å². The van der Waals surface area contributed by atoms with Gasteiger partial charge in [-0.25, -0.2) is 0 Å². The molecule has 0 spiro atoms. The van der Waals surface area contributed by atoms with Gasteiger partial charge in [-0.15, -0.1) is 10.2 Å². The van der Waals surface area contributed by atoms with Gasteiger partial charge in [0.1, 0.15) is 11.6 Å². The van der Waals surface area contributed by atoms with E-state index in [0.717, 1.165) is 14.8 Å². The van der Waals surface area contributed by atoms with Crippen molar-refractivity contribution in [3.05, 3.63) is 34.8 Å². The van der Waals surface area contributed by atoms with Crippen LogP contribution in [-0.4, -0.2) is 15.3 Å². The van der Waals surface area contributed by atoms with E-state index in [9.17, 15) is 0 Å². The van der Waals surface area contributed by atoms with Crippen molar-refractivity contribution in [3.8, 4) is 6.07 Å². The average Bonchev–Trinajstić information content (AvgIpc) is 2.82. The molecule has 1 aromatic heterocycles. The SMILES string of the molecule is N#Cc1cc(CO)ccc1Sc1nncs1. The van der Waals surface area contributed by atoms with E-state index >= 15 is 0 Å². The van der Waals surface area contributed by atoms with Crippen LogP contribution in [0.3, 0.4) is 0 Å². The Kier molecular flexibility index (Phi) is 3.51. The summed E-state index contributed by atoms with van der Waals surface area (Å²) in [4.78, 5) is 0.830. The third-order valence-corrected chi connectivity index (χ3v) is 3.74. The molecule has 0 saturated carbocycles. The van der Waals surface area contributed by atoms with E-state index < -0.39 is 0 Å². The number of aliphatic hydroxyl groups is 1. The third kappa shape index (κ3) is 2.39. The van der Waals surface area contributed by atoms with Gasteiger partial charge in [0, 0.05) is 4.90 Å². The van der Waals surface area contributed by atoms with E-state index in [2.05, 4.69) is 16.3 Å². The van der Waals surface area contributed by atoms with E-state index in [-0.39, 0.29) is 6.61 Å². The molecular weight excluding hydrogens is 242 g/mol. The molecule has 0 aliphatic carbocycles. The summed E-state index contributed by atoms with van der Waals surface area (Å²) in [7, 11) is 0. The fourth-order valence-electron chi connectivity index (χ4n) is 1.15. The molecule has 0 amide bonds. The first-order chi connectivity index (χ1) is 7.83. The molecule has 16 heavy (non-hydrogen) atoms. The smallest absolute Gasteiger partial charge is 0.178 e. The number of aromatic nitrogens is 2. The first-order valence-electron chi connectivity index (χ1n) is 4.41. The van der Waals surface area contributed by atoms with Gasteiger partial charge >= 0.3 is 0 Å². The molecule has 0 aliphatic rings. The average molecular weight is 249 g/mol. The van der Waals surface area contributed by atoms with E-state index in [1.807, 2.05) is 6.07 Å². The van der Waals surface area contributed by atoms with Crippen LogP contribution < -0.4 is 0 Å². The molecule has 1 aromatic carbocycles. The summed E-state index contributed by atoms with van der Waals surface area (Å²) in [5.41, 5.74) is 2.93. The molecular formula is C10H7N3OS2. The quantitative estimate of drug-likeness (QED) is 0.901. The monoisotopic (exact) mass is 249 g/mol. The Balaban J connectivity index is 2.31. The highest BCUT2D eigenvalue weighted by Crippen LogP contribution is 2.31. The van der Waals surface area contributed by atoms with Crippen LogP contribution in [-0.2, 0) is 6.61 Å². The summed E-state index contributed by atoms with van der Waals surface area (Å²) in [6.45, 7) is -0.0571. The van der Waals surface area contributed by atoms with Gasteiger partial charge in [-0.3, -0.25) is 0 Å². The van der Waals surface area contributed by atoms with Crippen molar-refractivity contribution in [1.29, 1.82) is 5.26 Å². The van der Waals surface area contributed by atoms with E-state index in [4.69, 9.17) is 10.4 Å². The zero-order valence-electron chi connectivity index (χ0n) is 8.12. The second-order valence-electron chi connectivity index (χ2n) is 2.91. The fourth-order valence-corrected chi connectivity index (χ4v) is 2.65. The van der Waals surface area contributed by atoms with Crippen molar-refractivity contribution in [2.24, 2.45) is 0 Å². The molecule has 6 heteroatoms. The summed E-state index contributed by atoms with van der Waals surface area (Å²) in [5.74, 6) is 0. The number of rotatable bonds is 3. The predicted octanol–water partition coefficient (Wildman–Crippen LogP) is 2.05. The summed E-state index contributed by atoms with van der Waals surface area (Å²) in [5, 5.41) is 25.6. The lowest BCUT2D eigenvalue weighted by Gasteiger charge is -2.02. The molecule has 0 atom stereocenters. The zero-order valence-corrected chi connectivity index (χ0v) is 9.75. The minimum Gasteiger partial charge on any atom is -0.392 e. The molecule has 0 unspecified atom stereocenters. The van der Waals surface area contributed by atoms with E-state index in [1.54, 1.807) is 17.6 Å². The molecule has 1 heterocycles. The lowest BCUT2D eigenvalue weighted by atomic mass is 10.1. The van der Waals surface area contributed by atoms with Crippen molar-refractivity contribution in [2.75, 3.05) is 0 Å². The Hall–Kier alpha value is -1.42. The number of hydrogen-bond acceptors (Lipinski definition) is 6. The van der Waals surface area contributed by atoms with Crippen LogP contribution in [0.5, 0.6) is 0 Å². The minimum absolute atomic E-state index is 0.0571. The molecule has 4 nitrogen and oxygen atoms in total. The van der Waals surface area contributed by atoms with Crippen LogP contribution >= 0.6 is 23.1 Å². The number of hydrogen-bond donors (Lipinski definition) is 1. The number of aliphatic hydroxyl groups excluding tert-OH is 1. The van der Waals surface area contributed by atoms with Crippen molar-refractivity contribution in [1.82, 2.24) is 10.2 Å². The number of nitriles is 1. The summed E-state index contributed by atoms with van der Waals surface area (Å²) < 4.78 is 0.799. The van der Waals surface area contributed by atoms with Crippen molar-refractivity contribution in [2.45, 2.75) is 15.8 Å². The Morgan fingerprint density at radius 1 is 1.50 bits per heavy atom. The fraction of sp³-hybridized carbons (Fsp3) is 0.100. The highest BCUT2D eigenvalue weighted by molar-refractivity contribution is 8.01. The van der Waals surface area contributed by atoms with Gasteiger partial charge in [0.15, 0.2) is 4.34 Å². The van der Waals surface area contributed by atoms with E-state index in [1.165, 1.54) is 23.1 Å². The molecule has 2 rings (SSSR count). The van der Waals surface area contributed by atoms with Crippen LogP contribution in [0.2, 0.25) is 0 Å². The molecule has 0 aliphatic heterocycles. The standard InChI is InChI=1S/C10H7N3OS2/c11-4-8-3-7(5-14)1-2-9(8)16-10-13-12-6-15-10/h1-3,6,14H,5H2. The van der Waals surface area contributed by atoms with Gasteiger partial charge in [0.2, 0.25) is 0 Å². The summed E-state index contributed by atoms with van der Waals surface area (Å²) >= 11 is 2.83. The van der Waals surface area contributed by atoms with Crippen molar-refractivity contribution in [3.63, 3.8) is 0 Å². The maximum absolute atomic E-state index is 8.99. The maximum atomic E-state index is 8.99. The Morgan fingerprint density at radius 2 is 2.38 bits per heavy atom. The molecule has 80 valence electrons. The first-order valence-corrected chi connectivity index (χ1v) is 6.11. The van der Waals surface area contributed by atoms with Gasteiger partial charge in [-0.05, 0) is 17.7 Å². The second-order valence-corrected chi connectivity index (χ2v) is 5.03. The molecule has 2 aromatic rings. The van der Waals surface area contributed by atoms with Gasteiger partial charge in [0.25, 0.3) is 0 Å². The van der Waals surface area contributed by atoms with Crippen LogP contribution in [0.1, 0.15) is 11.1 Å². The lowest BCUT2D eigenvalue weighted by molar-refractivity contribution is 0.281. The Morgan fingerprint density at radius 3 is 3.00 bits per heavy atom. The normalized spacial score (nSPS) is 10.0. The van der Waals surface area contributed by atoms with E-state index in [0.29, 0.717) is 5.56 Å². The topological polar surface area (TPSA) is 69.8 Å². The molecule has 0 radical (unpaired) electrons. The number of nitrogens with zero attached hydrogens (tertiary/aromatic N) is 3. The van der Waals surface area contributed by atoms with Crippen molar-refractivity contribution < 1.29 is 5.11 Å². The minimum atomic E-state index is -0.0571. The van der Waals surface area contributed by atoms with Crippen LogP contribution in [0.4, 0.5) is 0 Å². The third-order valence-electron chi connectivity index (χ3n) is 1.88. The van der Waals surface area contributed by atoms with Gasteiger partial charge in [-0.1, -0.05) is 29.2 Å². The van der Waals surface area contributed by atoms with Crippen molar-refractivity contribution >= 4 is 23.1 Å². The van der Waals surface area contributed by atoms with Crippen LogP contribution in [0.15, 0.2) is 32.9 Å². The van der Waals surface area contributed by atoms with Crippen LogP contribution in [0, 0.1) is 11.3 Å². The van der Waals surface area contributed by atoms with Crippen LogP contribution in [0.25, 0.3) is 0 Å². The highest BCUT2D eigenvalue weighted by atomic mass is 32.2. The predicted molar refractivity (Wildman–Crippen MR) is 61.1 cm³/mol. The number of benzene rings is 1. The summed E-state index contributed by atoms with van der Waals surface area (Å²) in [6.07, 6.45) is 0. The molecule has 0 saturated heterocycles. The Labute approximate surface area is 101 Å². The highest BCUT2D eigenvalue weighted by Gasteiger charge is 2.07.